The Morgan fingerprint density at radius 2 is 2.36 bits per heavy atom. The first-order valence-electron chi connectivity index (χ1n) is 3.00. The molecule has 1 aliphatic rings. The van der Waals surface area contributed by atoms with E-state index in [1.54, 1.807) is 0 Å². The zero-order valence-corrected chi connectivity index (χ0v) is 11.5. The van der Waals surface area contributed by atoms with Crippen molar-refractivity contribution >= 4 is 48.8 Å². The molecule has 0 aromatic carbocycles. The molecule has 0 saturated heterocycles. The van der Waals surface area contributed by atoms with Crippen LogP contribution in [0, 0.1) is 11.8 Å². The summed E-state index contributed by atoms with van der Waals surface area (Å²) in [6.07, 6.45) is 1.81. The van der Waals surface area contributed by atoms with Gasteiger partial charge >= 0.3 is 0 Å². The number of halogens is 3. The lowest BCUT2D eigenvalue weighted by Gasteiger charge is -1.98. The number of hydrogen-bond donors (Lipinski definition) is 0. The third kappa shape index (κ3) is 2.42. The Morgan fingerprint density at radius 3 is 3.00 bits per heavy atom. The standard InChI is InChI=1S/C7H5BrFISi/c8-4-3-7(11)6(10)2-1-5(4)9/h3,6H,11H3. The first-order chi connectivity index (χ1) is 5.11. The van der Waals surface area contributed by atoms with Crippen LogP contribution in [0.2, 0.25) is 0 Å². The number of allylic oxidation sites excluding steroid dienone is 4. The van der Waals surface area contributed by atoms with E-state index >= 15 is 0 Å². The molecule has 1 aliphatic carbocycles. The molecular formula is C7H5BrFISi. The molecule has 0 aromatic rings. The molecule has 4 heteroatoms. The van der Waals surface area contributed by atoms with Gasteiger partial charge in [0.05, 0.1) is 8.41 Å². The van der Waals surface area contributed by atoms with Crippen molar-refractivity contribution in [3.05, 3.63) is 21.6 Å². The van der Waals surface area contributed by atoms with Gasteiger partial charge in [-0.25, -0.2) is 0 Å². The summed E-state index contributed by atoms with van der Waals surface area (Å²) < 4.78 is 13.5. The Bertz CT molecular complexity index is 297. The highest BCUT2D eigenvalue weighted by Gasteiger charge is 2.07. The van der Waals surface area contributed by atoms with Gasteiger partial charge in [-0.2, -0.15) is 4.39 Å². The fourth-order valence-electron chi connectivity index (χ4n) is 0.637. The molecular weight excluding hydrogens is 338 g/mol. The van der Waals surface area contributed by atoms with E-state index in [4.69, 9.17) is 0 Å². The van der Waals surface area contributed by atoms with E-state index in [1.807, 2.05) is 6.08 Å². The first-order valence-corrected chi connectivity index (χ1v) is 6.04. The van der Waals surface area contributed by atoms with Gasteiger partial charge in [0.2, 0.25) is 0 Å². The minimum Gasteiger partial charge on any atom is -0.196 e. The van der Waals surface area contributed by atoms with Crippen molar-refractivity contribution in [3.8, 4) is 11.8 Å². The van der Waals surface area contributed by atoms with Gasteiger partial charge < -0.3 is 0 Å². The molecule has 1 atom stereocenters. The molecule has 0 radical (unpaired) electrons. The lowest BCUT2D eigenvalue weighted by Crippen LogP contribution is -1.97. The van der Waals surface area contributed by atoms with Crippen LogP contribution in [0.25, 0.3) is 0 Å². The number of alkyl halides is 1. The van der Waals surface area contributed by atoms with E-state index in [1.165, 1.54) is 5.20 Å². The first kappa shape index (κ1) is 9.48. The highest BCUT2D eigenvalue weighted by Crippen LogP contribution is 2.21. The SMILES string of the molecule is FC1=C(Br)C=C([SiH3])C(I)C#C1. The van der Waals surface area contributed by atoms with Gasteiger partial charge in [0.1, 0.15) is 0 Å². The topological polar surface area (TPSA) is 0 Å². The molecule has 58 valence electrons. The third-order valence-corrected chi connectivity index (χ3v) is 5.18. The smallest absolute Gasteiger partial charge is 0.187 e. The molecule has 11 heavy (non-hydrogen) atoms. The van der Waals surface area contributed by atoms with Crippen LogP contribution in [0.1, 0.15) is 0 Å². The Kier molecular flexibility index (Phi) is 3.34. The van der Waals surface area contributed by atoms with Gasteiger partial charge in [-0.05, 0) is 27.9 Å². The van der Waals surface area contributed by atoms with Crippen molar-refractivity contribution in [2.24, 2.45) is 0 Å². The van der Waals surface area contributed by atoms with Crippen molar-refractivity contribution in [2.75, 3.05) is 0 Å². The van der Waals surface area contributed by atoms with Crippen LogP contribution in [0.15, 0.2) is 21.6 Å². The Labute approximate surface area is 90.0 Å². The highest BCUT2D eigenvalue weighted by molar-refractivity contribution is 14.1. The highest BCUT2D eigenvalue weighted by atomic mass is 127. The molecule has 0 aromatic heterocycles. The molecule has 0 N–H and O–H groups in total. The number of rotatable bonds is 0. The van der Waals surface area contributed by atoms with E-state index in [0.29, 0.717) is 4.48 Å². The zero-order chi connectivity index (χ0) is 8.43. The molecule has 0 nitrogen and oxygen atoms in total. The second kappa shape index (κ2) is 3.87. The Morgan fingerprint density at radius 1 is 1.73 bits per heavy atom. The van der Waals surface area contributed by atoms with Crippen molar-refractivity contribution in [1.29, 1.82) is 0 Å². The average Bonchev–Trinajstić information content (AvgIpc) is 2.05. The third-order valence-electron chi connectivity index (χ3n) is 1.27. The van der Waals surface area contributed by atoms with Gasteiger partial charge in [-0.3, -0.25) is 0 Å². The molecule has 0 amide bonds. The predicted molar refractivity (Wildman–Crippen MR) is 60.7 cm³/mol. The van der Waals surface area contributed by atoms with Crippen LogP contribution in [0.4, 0.5) is 4.39 Å². The molecule has 0 aliphatic heterocycles. The molecule has 0 fully saturated rings. The van der Waals surface area contributed by atoms with E-state index in [0.717, 1.165) is 10.2 Å². The second-order valence-corrected chi connectivity index (χ2v) is 5.44. The minimum atomic E-state index is -0.363. The van der Waals surface area contributed by atoms with Crippen molar-refractivity contribution < 1.29 is 4.39 Å². The van der Waals surface area contributed by atoms with Crippen LogP contribution >= 0.6 is 38.5 Å². The zero-order valence-electron chi connectivity index (χ0n) is 5.79. The van der Waals surface area contributed by atoms with Gasteiger partial charge in [-0.1, -0.05) is 33.7 Å². The fraction of sp³-hybridized carbons (Fsp3) is 0.143. The summed E-state index contributed by atoms with van der Waals surface area (Å²) in [5.74, 6) is 4.90. The summed E-state index contributed by atoms with van der Waals surface area (Å²) in [7, 11) is 0.932. The van der Waals surface area contributed by atoms with Crippen molar-refractivity contribution in [3.63, 3.8) is 0 Å². The van der Waals surface area contributed by atoms with Gasteiger partial charge in [0.25, 0.3) is 0 Å². The predicted octanol–water partition coefficient (Wildman–Crippen LogP) is 1.63. The average molecular weight is 343 g/mol. The van der Waals surface area contributed by atoms with Crippen LogP contribution < -0.4 is 0 Å². The van der Waals surface area contributed by atoms with Gasteiger partial charge in [0, 0.05) is 10.2 Å². The van der Waals surface area contributed by atoms with E-state index < -0.39 is 0 Å². The van der Waals surface area contributed by atoms with E-state index in [9.17, 15) is 4.39 Å². The monoisotopic (exact) mass is 342 g/mol. The summed E-state index contributed by atoms with van der Waals surface area (Å²) in [6.45, 7) is 0. The summed E-state index contributed by atoms with van der Waals surface area (Å²) >= 11 is 5.32. The summed E-state index contributed by atoms with van der Waals surface area (Å²) in [5.41, 5.74) is 0. The van der Waals surface area contributed by atoms with Crippen LogP contribution in [0.5, 0.6) is 0 Å². The van der Waals surface area contributed by atoms with Crippen LogP contribution in [-0.2, 0) is 0 Å². The molecule has 0 spiro atoms. The minimum absolute atomic E-state index is 0.181. The van der Waals surface area contributed by atoms with Crippen molar-refractivity contribution in [1.82, 2.24) is 0 Å². The van der Waals surface area contributed by atoms with Crippen molar-refractivity contribution in [2.45, 2.75) is 3.92 Å². The largest absolute Gasteiger partial charge is 0.196 e. The summed E-state index contributed by atoms with van der Waals surface area (Å²) in [5, 5.41) is 1.21. The summed E-state index contributed by atoms with van der Waals surface area (Å²) in [4.78, 5) is 0. The maximum absolute atomic E-state index is 12.8. The number of hydrogen-bond acceptors (Lipinski definition) is 0. The lowest BCUT2D eigenvalue weighted by atomic mass is 10.4. The maximum atomic E-state index is 12.8. The Balaban J connectivity index is 3.10. The molecule has 1 rings (SSSR count). The molecule has 1 unspecified atom stereocenters. The molecule has 0 bridgehead atoms. The quantitative estimate of drug-likeness (QED) is 0.272. The normalized spacial score (nSPS) is 23.9. The van der Waals surface area contributed by atoms with E-state index in [-0.39, 0.29) is 9.75 Å². The van der Waals surface area contributed by atoms with Gasteiger partial charge in [-0.15, -0.1) is 0 Å². The summed E-state index contributed by atoms with van der Waals surface area (Å²) in [6, 6.07) is 0. The maximum Gasteiger partial charge on any atom is 0.187 e. The lowest BCUT2D eigenvalue weighted by molar-refractivity contribution is 0.674. The second-order valence-electron chi connectivity index (χ2n) is 2.18. The van der Waals surface area contributed by atoms with Crippen LogP contribution in [-0.4, -0.2) is 14.2 Å². The molecule has 0 saturated carbocycles. The van der Waals surface area contributed by atoms with E-state index in [2.05, 4.69) is 50.4 Å². The Hall–Kier alpha value is 0.397. The fourth-order valence-corrected chi connectivity index (χ4v) is 2.29. The van der Waals surface area contributed by atoms with Gasteiger partial charge in [0.15, 0.2) is 5.83 Å². The van der Waals surface area contributed by atoms with Crippen LogP contribution in [0.3, 0.4) is 0 Å². The molecule has 0 heterocycles.